The van der Waals surface area contributed by atoms with Crippen molar-refractivity contribution < 1.29 is 0 Å². The first-order valence-corrected chi connectivity index (χ1v) is 8.98. The van der Waals surface area contributed by atoms with Crippen LogP contribution in [0.15, 0.2) is 24.3 Å². The first-order valence-electron chi connectivity index (χ1n) is 8.07. The van der Waals surface area contributed by atoms with E-state index in [2.05, 4.69) is 74.8 Å². The molecule has 0 nitrogen and oxygen atoms in total. The van der Waals surface area contributed by atoms with Crippen molar-refractivity contribution in [3.05, 3.63) is 35.4 Å². The predicted molar refractivity (Wildman–Crippen MR) is 92.8 cm³/mol. The third-order valence-electron chi connectivity index (χ3n) is 5.28. The fourth-order valence-corrected chi connectivity index (χ4v) is 5.20. The lowest BCUT2D eigenvalue weighted by atomic mass is 9.66. The van der Waals surface area contributed by atoms with Gasteiger partial charge in [0.2, 0.25) is 0 Å². The summed E-state index contributed by atoms with van der Waals surface area (Å²) in [6, 6.07) is 9.34. The number of hydrogen-bond donors (Lipinski definition) is 0. The molecule has 1 fully saturated rings. The smallest absolute Gasteiger partial charge is 0.0184 e. The van der Waals surface area contributed by atoms with Crippen LogP contribution in [-0.4, -0.2) is 4.83 Å². The van der Waals surface area contributed by atoms with Crippen LogP contribution in [0.25, 0.3) is 0 Å². The van der Waals surface area contributed by atoms with Crippen molar-refractivity contribution in [1.29, 1.82) is 0 Å². The van der Waals surface area contributed by atoms with E-state index in [0.29, 0.717) is 10.7 Å². The Morgan fingerprint density at radius 2 is 1.70 bits per heavy atom. The van der Waals surface area contributed by atoms with E-state index in [1.165, 1.54) is 30.4 Å². The normalized spacial score (nSPS) is 27.9. The van der Waals surface area contributed by atoms with Crippen LogP contribution in [0, 0.1) is 11.8 Å². The van der Waals surface area contributed by atoms with Crippen LogP contribution in [-0.2, 0) is 5.41 Å². The van der Waals surface area contributed by atoms with E-state index in [1.54, 1.807) is 0 Å². The van der Waals surface area contributed by atoms with Crippen molar-refractivity contribution in [1.82, 2.24) is 0 Å². The highest BCUT2D eigenvalue weighted by molar-refractivity contribution is 9.09. The molecule has 0 saturated heterocycles. The van der Waals surface area contributed by atoms with E-state index < -0.39 is 0 Å². The summed E-state index contributed by atoms with van der Waals surface area (Å²) >= 11 is 3.97. The zero-order valence-corrected chi connectivity index (χ0v) is 15.2. The van der Waals surface area contributed by atoms with Crippen LogP contribution in [0.1, 0.15) is 70.9 Å². The Bertz CT molecular complexity index is 430. The molecule has 1 aliphatic rings. The Morgan fingerprint density at radius 3 is 2.20 bits per heavy atom. The van der Waals surface area contributed by atoms with Gasteiger partial charge in [0, 0.05) is 4.83 Å². The van der Waals surface area contributed by atoms with Crippen LogP contribution >= 0.6 is 15.9 Å². The number of halogens is 1. The molecule has 0 amide bonds. The van der Waals surface area contributed by atoms with Crippen molar-refractivity contribution in [2.75, 3.05) is 0 Å². The van der Waals surface area contributed by atoms with Crippen molar-refractivity contribution in [3.8, 4) is 0 Å². The minimum absolute atomic E-state index is 0.254. The minimum Gasteiger partial charge on any atom is -0.0887 e. The Morgan fingerprint density at radius 1 is 1.10 bits per heavy atom. The lowest BCUT2D eigenvalue weighted by Crippen LogP contribution is -2.38. The lowest BCUT2D eigenvalue weighted by molar-refractivity contribution is 0.214. The average molecular weight is 337 g/mol. The molecular formula is C19H29Br. The Labute approximate surface area is 133 Å². The molecule has 0 aromatic heterocycles. The van der Waals surface area contributed by atoms with Gasteiger partial charge in [0.25, 0.3) is 0 Å². The second kappa shape index (κ2) is 6.22. The van der Waals surface area contributed by atoms with Gasteiger partial charge in [0.15, 0.2) is 0 Å². The average Bonchev–Trinajstić information content (AvgIpc) is 2.38. The van der Waals surface area contributed by atoms with Gasteiger partial charge in [-0.3, -0.25) is 0 Å². The topological polar surface area (TPSA) is 0 Å². The quantitative estimate of drug-likeness (QED) is 0.569. The van der Waals surface area contributed by atoms with Gasteiger partial charge in [-0.2, -0.15) is 0 Å². The SMILES string of the molecule is CC1CCC(C(C)(C)c2ccc(C(C)C)cc2)C(Br)C1. The molecule has 0 bridgehead atoms. The summed E-state index contributed by atoms with van der Waals surface area (Å²) in [5.41, 5.74) is 3.19. The van der Waals surface area contributed by atoms with Crippen molar-refractivity contribution in [2.45, 2.75) is 70.0 Å². The standard InChI is InChI=1S/C19H29Br/c1-13(2)15-7-9-16(10-8-15)19(4,5)17-11-6-14(3)12-18(17)20/h7-10,13-14,17-18H,6,11-12H2,1-5H3. The third kappa shape index (κ3) is 3.30. The number of benzene rings is 1. The summed E-state index contributed by atoms with van der Waals surface area (Å²) in [5, 5.41) is 0. The summed E-state index contributed by atoms with van der Waals surface area (Å²) in [7, 11) is 0. The van der Waals surface area contributed by atoms with Gasteiger partial charge >= 0.3 is 0 Å². The predicted octanol–water partition coefficient (Wildman–Crippen LogP) is 6.29. The van der Waals surface area contributed by atoms with Crippen LogP contribution in [0.2, 0.25) is 0 Å². The monoisotopic (exact) mass is 336 g/mol. The highest BCUT2D eigenvalue weighted by Gasteiger charge is 2.38. The van der Waals surface area contributed by atoms with E-state index in [0.717, 1.165) is 11.8 Å². The molecular weight excluding hydrogens is 308 g/mol. The van der Waals surface area contributed by atoms with E-state index in [4.69, 9.17) is 0 Å². The summed E-state index contributed by atoms with van der Waals surface area (Å²) in [6.07, 6.45) is 4.04. The van der Waals surface area contributed by atoms with Gasteiger partial charge < -0.3 is 0 Å². The molecule has 1 aromatic rings. The number of alkyl halides is 1. The molecule has 1 aromatic carbocycles. The van der Waals surface area contributed by atoms with Gasteiger partial charge in [-0.05, 0) is 47.1 Å². The molecule has 3 unspecified atom stereocenters. The molecule has 0 heterocycles. The largest absolute Gasteiger partial charge is 0.0887 e. The molecule has 0 N–H and O–H groups in total. The fraction of sp³-hybridized carbons (Fsp3) is 0.684. The van der Waals surface area contributed by atoms with Gasteiger partial charge in [-0.1, -0.05) is 81.2 Å². The number of rotatable bonds is 3. The van der Waals surface area contributed by atoms with Crippen LogP contribution in [0.4, 0.5) is 0 Å². The minimum atomic E-state index is 0.254. The molecule has 1 aliphatic carbocycles. The fourth-order valence-electron chi connectivity index (χ4n) is 3.64. The maximum absolute atomic E-state index is 3.97. The van der Waals surface area contributed by atoms with Crippen LogP contribution in [0.5, 0.6) is 0 Å². The first kappa shape index (κ1) is 16.1. The van der Waals surface area contributed by atoms with Gasteiger partial charge in [-0.15, -0.1) is 0 Å². The molecule has 0 radical (unpaired) electrons. The molecule has 0 spiro atoms. The second-order valence-corrected chi connectivity index (χ2v) is 8.72. The second-order valence-electron chi connectivity index (χ2n) is 7.54. The summed E-state index contributed by atoms with van der Waals surface area (Å²) in [4.78, 5) is 0.658. The zero-order chi connectivity index (χ0) is 14.9. The van der Waals surface area contributed by atoms with Gasteiger partial charge in [0.1, 0.15) is 0 Å². The van der Waals surface area contributed by atoms with Crippen LogP contribution < -0.4 is 0 Å². The molecule has 1 saturated carbocycles. The Balaban J connectivity index is 2.20. The summed E-state index contributed by atoms with van der Waals surface area (Å²) in [5.74, 6) is 2.23. The molecule has 3 atom stereocenters. The first-order chi connectivity index (χ1) is 9.32. The van der Waals surface area contributed by atoms with Crippen molar-refractivity contribution in [2.24, 2.45) is 11.8 Å². The van der Waals surface area contributed by atoms with Gasteiger partial charge in [-0.25, -0.2) is 0 Å². The maximum atomic E-state index is 3.97. The third-order valence-corrected chi connectivity index (χ3v) is 6.29. The molecule has 112 valence electrons. The van der Waals surface area contributed by atoms with E-state index in [1.807, 2.05) is 0 Å². The van der Waals surface area contributed by atoms with E-state index in [9.17, 15) is 0 Å². The molecule has 1 heteroatoms. The maximum Gasteiger partial charge on any atom is 0.0184 e. The molecule has 2 rings (SSSR count). The lowest BCUT2D eigenvalue weighted by Gasteiger charge is -2.42. The van der Waals surface area contributed by atoms with E-state index >= 15 is 0 Å². The highest BCUT2D eigenvalue weighted by Crippen LogP contribution is 2.45. The van der Waals surface area contributed by atoms with Crippen molar-refractivity contribution in [3.63, 3.8) is 0 Å². The zero-order valence-electron chi connectivity index (χ0n) is 13.6. The molecule has 0 aliphatic heterocycles. The highest BCUT2D eigenvalue weighted by atomic mass is 79.9. The Kier molecular flexibility index (Phi) is 5.00. The summed E-state index contributed by atoms with van der Waals surface area (Å²) in [6.45, 7) is 11.8. The Hall–Kier alpha value is -0.300. The number of hydrogen-bond acceptors (Lipinski definition) is 0. The van der Waals surface area contributed by atoms with Crippen LogP contribution in [0.3, 0.4) is 0 Å². The van der Waals surface area contributed by atoms with Crippen molar-refractivity contribution >= 4 is 15.9 Å². The molecule has 20 heavy (non-hydrogen) atoms. The van der Waals surface area contributed by atoms with E-state index in [-0.39, 0.29) is 5.41 Å². The summed E-state index contributed by atoms with van der Waals surface area (Å²) < 4.78 is 0. The van der Waals surface area contributed by atoms with Gasteiger partial charge in [0.05, 0.1) is 0 Å².